The maximum Gasteiger partial charge on any atom is 0.139 e. The third-order valence-corrected chi connectivity index (χ3v) is 3.51. The number of benzene rings is 1. The SMILES string of the molecule is CC(C)(CNC1CC1)COc1cc(Cl)ccc1Cl. The predicted octanol–water partition coefficient (Wildman–Crippen LogP) is 4.15. The Kier molecular flexibility index (Phi) is 4.41. The zero-order valence-electron chi connectivity index (χ0n) is 10.8. The second kappa shape index (κ2) is 5.68. The molecule has 1 aromatic rings. The van der Waals surface area contributed by atoms with Crippen molar-refractivity contribution < 1.29 is 4.74 Å². The molecule has 1 aliphatic rings. The minimum Gasteiger partial charge on any atom is -0.491 e. The lowest BCUT2D eigenvalue weighted by Gasteiger charge is -2.25. The minimum absolute atomic E-state index is 0.0776. The standard InChI is InChI=1S/C14H19Cl2NO/c1-14(2,8-17-11-4-5-11)9-18-13-7-10(15)3-6-12(13)16/h3,6-7,11,17H,4-5,8-9H2,1-2H3. The summed E-state index contributed by atoms with van der Waals surface area (Å²) in [6.45, 7) is 5.93. The molecule has 0 aromatic heterocycles. The van der Waals surface area contributed by atoms with E-state index in [0.29, 0.717) is 22.4 Å². The fraction of sp³-hybridized carbons (Fsp3) is 0.571. The summed E-state index contributed by atoms with van der Waals surface area (Å²) < 4.78 is 5.78. The van der Waals surface area contributed by atoms with Crippen LogP contribution in [0.3, 0.4) is 0 Å². The highest BCUT2D eigenvalue weighted by molar-refractivity contribution is 6.34. The first-order chi connectivity index (χ1) is 8.46. The zero-order chi connectivity index (χ0) is 13.2. The summed E-state index contributed by atoms with van der Waals surface area (Å²) >= 11 is 12.0. The molecule has 18 heavy (non-hydrogen) atoms. The fourth-order valence-corrected chi connectivity index (χ4v) is 1.95. The van der Waals surface area contributed by atoms with E-state index in [4.69, 9.17) is 27.9 Å². The van der Waals surface area contributed by atoms with Gasteiger partial charge in [-0.25, -0.2) is 0 Å². The summed E-state index contributed by atoms with van der Waals surface area (Å²) in [6, 6.07) is 6.00. The first-order valence-corrected chi connectivity index (χ1v) is 7.03. The highest BCUT2D eigenvalue weighted by Crippen LogP contribution is 2.29. The average molecular weight is 288 g/mol. The smallest absolute Gasteiger partial charge is 0.139 e. The molecule has 1 aromatic carbocycles. The van der Waals surface area contributed by atoms with Gasteiger partial charge in [-0.2, -0.15) is 0 Å². The molecule has 1 N–H and O–H groups in total. The second-order valence-electron chi connectivity index (χ2n) is 5.68. The Morgan fingerprint density at radius 2 is 2.06 bits per heavy atom. The van der Waals surface area contributed by atoms with Crippen LogP contribution in [-0.2, 0) is 0 Å². The molecule has 2 rings (SSSR count). The highest BCUT2D eigenvalue weighted by Gasteiger charge is 2.25. The summed E-state index contributed by atoms with van der Waals surface area (Å²) in [5.41, 5.74) is 0.0776. The minimum atomic E-state index is 0.0776. The quantitative estimate of drug-likeness (QED) is 0.849. The molecular weight excluding hydrogens is 269 g/mol. The lowest BCUT2D eigenvalue weighted by atomic mass is 9.95. The van der Waals surface area contributed by atoms with Crippen LogP contribution in [0, 0.1) is 5.41 Å². The Bertz CT molecular complexity index is 416. The molecular formula is C14H19Cl2NO. The Morgan fingerprint density at radius 1 is 1.33 bits per heavy atom. The van der Waals surface area contributed by atoms with Gasteiger partial charge in [-0.1, -0.05) is 37.0 Å². The van der Waals surface area contributed by atoms with Crippen LogP contribution < -0.4 is 10.1 Å². The van der Waals surface area contributed by atoms with Crippen LogP contribution in [0.5, 0.6) is 5.75 Å². The maximum atomic E-state index is 6.06. The van der Waals surface area contributed by atoms with Gasteiger partial charge in [-0.15, -0.1) is 0 Å². The Hall–Kier alpha value is -0.440. The van der Waals surface area contributed by atoms with E-state index in [1.165, 1.54) is 12.8 Å². The molecule has 0 saturated heterocycles. The topological polar surface area (TPSA) is 21.3 Å². The number of hydrogen-bond acceptors (Lipinski definition) is 2. The van der Waals surface area contributed by atoms with Gasteiger partial charge >= 0.3 is 0 Å². The number of nitrogens with one attached hydrogen (secondary N) is 1. The third kappa shape index (κ3) is 4.34. The molecule has 0 spiro atoms. The first kappa shape index (κ1) is 14.0. The molecule has 0 radical (unpaired) electrons. The van der Waals surface area contributed by atoms with Crippen molar-refractivity contribution in [2.75, 3.05) is 13.2 Å². The van der Waals surface area contributed by atoms with Crippen LogP contribution in [0.1, 0.15) is 26.7 Å². The maximum absolute atomic E-state index is 6.06. The van der Waals surface area contributed by atoms with Crippen LogP contribution in [0.15, 0.2) is 18.2 Å². The van der Waals surface area contributed by atoms with Crippen molar-refractivity contribution in [3.63, 3.8) is 0 Å². The average Bonchev–Trinajstić information content (AvgIpc) is 3.12. The molecule has 0 unspecified atom stereocenters. The lowest BCUT2D eigenvalue weighted by molar-refractivity contribution is 0.176. The van der Waals surface area contributed by atoms with Crippen LogP contribution in [-0.4, -0.2) is 19.2 Å². The monoisotopic (exact) mass is 287 g/mol. The molecule has 1 saturated carbocycles. The van der Waals surface area contributed by atoms with Gasteiger partial charge in [0, 0.05) is 29.1 Å². The largest absolute Gasteiger partial charge is 0.491 e. The van der Waals surface area contributed by atoms with Crippen molar-refractivity contribution in [3.8, 4) is 5.75 Å². The molecule has 1 aliphatic carbocycles. The van der Waals surface area contributed by atoms with Gasteiger partial charge in [0.2, 0.25) is 0 Å². The van der Waals surface area contributed by atoms with Crippen molar-refractivity contribution in [2.24, 2.45) is 5.41 Å². The number of rotatable bonds is 6. The van der Waals surface area contributed by atoms with Crippen LogP contribution in [0.4, 0.5) is 0 Å². The highest BCUT2D eigenvalue weighted by atomic mass is 35.5. The van der Waals surface area contributed by atoms with Gasteiger partial charge in [0.15, 0.2) is 0 Å². The van der Waals surface area contributed by atoms with Gasteiger partial charge in [-0.3, -0.25) is 0 Å². The molecule has 0 aliphatic heterocycles. The summed E-state index contributed by atoms with van der Waals surface area (Å²) in [5, 5.41) is 4.76. The summed E-state index contributed by atoms with van der Waals surface area (Å²) in [5.74, 6) is 0.656. The summed E-state index contributed by atoms with van der Waals surface area (Å²) in [7, 11) is 0. The number of hydrogen-bond donors (Lipinski definition) is 1. The molecule has 0 heterocycles. The molecule has 1 fully saturated rings. The van der Waals surface area contributed by atoms with Gasteiger partial charge in [0.25, 0.3) is 0 Å². The van der Waals surface area contributed by atoms with E-state index in [9.17, 15) is 0 Å². The van der Waals surface area contributed by atoms with E-state index in [1.807, 2.05) is 0 Å². The Labute approximate surface area is 119 Å². The van der Waals surface area contributed by atoms with Gasteiger partial charge in [-0.05, 0) is 25.0 Å². The molecule has 2 nitrogen and oxygen atoms in total. The second-order valence-corrected chi connectivity index (χ2v) is 6.53. The normalized spacial score (nSPS) is 15.8. The Balaban J connectivity index is 1.86. The summed E-state index contributed by atoms with van der Waals surface area (Å²) in [4.78, 5) is 0. The van der Waals surface area contributed by atoms with E-state index in [2.05, 4.69) is 19.2 Å². The van der Waals surface area contributed by atoms with E-state index >= 15 is 0 Å². The predicted molar refractivity (Wildman–Crippen MR) is 76.8 cm³/mol. The zero-order valence-corrected chi connectivity index (χ0v) is 12.3. The fourth-order valence-electron chi connectivity index (χ4n) is 1.62. The van der Waals surface area contributed by atoms with E-state index < -0.39 is 0 Å². The molecule has 0 amide bonds. The Morgan fingerprint density at radius 3 is 2.72 bits per heavy atom. The van der Waals surface area contributed by atoms with Crippen molar-refractivity contribution in [1.82, 2.24) is 5.32 Å². The van der Waals surface area contributed by atoms with Crippen LogP contribution in [0.25, 0.3) is 0 Å². The molecule has 0 atom stereocenters. The van der Waals surface area contributed by atoms with Crippen LogP contribution >= 0.6 is 23.2 Å². The molecule has 4 heteroatoms. The van der Waals surface area contributed by atoms with E-state index in [0.717, 1.165) is 12.6 Å². The summed E-state index contributed by atoms with van der Waals surface area (Å²) in [6.07, 6.45) is 2.61. The molecule has 100 valence electrons. The number of halogens is 2. The van der Waals surface area contributed by atoms with Gasteiger partial charge < -0.3 is 10.1 Å². The van der Waals surface area contributed by atoms with Crippen molar-refractivity contribution in [1.29, 1.82) is 0 Å². The van der Waals surface area contributed by atoms with E-state index in [-0.39, 0.29) is 5.41 Å². The van der Waals surface area contributed by atoms with Crippen molar-refractivity contribution >= 4 is 23.2 Å². The lowest BCUT2D eigenvalue weighted by Crippen LogP contribution is -2.35. The number of ether oxygens (including phenoxy) is 1. The molecule has 0 bridgehead atoms. The van der Waals surface area contributed by atoms with Crippen molar-refractivity contribution in [2.45, 2.75) is 32.7 Å². The van der Waals surface area contributed by atoms with Crippen molar-refractivity contribution in [3.05, 3.63) is 28.2 Å². The van der Waals surface area contributed by atoms with Gasteiger partial charge in [0.1, 0.15) is 5.75 Å². The van der Waals surface area contributed by atoms with E-state index in [1.54, 1.807) is 18.2 Å². The van der Waals surface area contributed by atoms with Gasteiger partial charge in [0.05, 0.1) is 11.6 Å². The van der Waals surface area contributed by atoms with Crippen LogP contribution in [0.2, 0.25) is 10.0 Å². The first-order valence-electron chi connectivity index (χ1n) is 6.27. The third-order valence-electron chi connectivity index (χ3n) is 2.96.